The van der Waals surface area contributed by atoms with Crippen LogP contribution in [-0.4, -0.2) is 83.8 Å². The molecule has 11 nitrogen and oxygen atoms in total. The molecule has 5 N–H and O–H groups in total. The van der Waals surface area contributed by atoms with Crippen LogP contribution >= 0.6 is 0 Å². The van der Waals surface area contributed by atoms with Crippen molar-refractivity contribution in [2.24, 2.45) is 0 Å². The molecule has 0 amide bonds. The Morgan fingerprint density at radius 1 is 1.25 bits per heavy atom. The van der Waals surface area contributed by atoms with E-state index in [1.807, 2.05) is 4.57 Å². The van der Waals surface area contributed by atoms with Crippen molar-refractivity contribution in [3.63, 3.8) is 0 Å². The van der Waals surface area contributed by atoms with E-state index in [1.165, 1.54) is 20.2 Å². The molecular formula is C21H38N6O5. The normalized spacial score (nSPS) is 12.8. The van der Waals surface area contributed by atoms with Crippen LogP contribution in [0, 0.1) is 0 Å². The predicted molar refractivity (Wildman–Crippen MR) is 122 cm³/mol. The van der Waals surface area contributed by atoms with Crippen molar-refractivity contribution in [2.75, 3.05) is 25.9 Å². The Balaban J connectivity index is 0.000000920. The predicted octanol–water partition coefficient (Wildman–Crippen LogP) is 1.49. The Hall–Kier alpha value is -2.34. The molecule has 0 aromatic carbocycles. The number of nitrogen functional groups attached to an aromatic ring is 1. The molecule has 2 aromatic rings. The van der Waals surface area contributed by atoms with E-state index in [1.54, 1.807) is 13.4 Å². The molecule has 0 aliphatic carbocycles. The SMILES string of the molecule is CC(C)(O)O.COC(CCn1cnc2c(N)ncnc21)CN(CCCCC(=O)O)C(C)C. The third-order valence-electron chi connectivity index (χ3n) is 4.71. The van der Waals surface area contributed by atoms with Crippen molar-refractivity contribution in [2.45, 2.75) is 77.9 Å². The highest BCUT2D eigenvalue weighted by Gasteiger charge is 2.17. The lowest BCUT2D eigenvalue weighted by molar-refractivity contribution is -0.137. The summed E-state index contributed by atoms with van der Waals surface area (Å²) < 4.78 is 7.65. The maximum atomic E-state index is 10.7. The van der Waals surface area contributed by atoms with E-state index < -0.39 is 11.8 Å². The van der Waals surface area contributed by atoms with Gasteiger partial charge in [-0.25, -0.2) is 15.0 Å². The second kappa shape index (κ2) is 13.3. The molecular weight excluding hydrogens is 416 g/mol. The van der Waals surface area contributed by atoms with Crippen LogP contribution in [0.2, 0.25) is 0 Å². The first-order chi connectivity index (χ1) is 14.9. The largest absolute Gasteiger partial charge is 0.481 e. The highest BCUT2D eigenvalue weighted by Crippen LogP contribution is 2.16. The number of nitrogens with two attached hydrogens (primary N) is 1. The molecule has 0 fully saturated rings. The van der Waals surface area contributed by atoms with Crippen LogP contribution in [0.25, 0.3) is 11.2 Å². The Kier molecular flexibility index (Phi) is 11.5. The Morgan fingerprint density at radius 2 is 1.91 bits per heavy atom. The van der Waals surface area contributed by atoms with E-state index in [9.17, 15) is 4.79 Å². The molecule has 0 spiro atoms. The zero-order valence-corrected chi connectivity index (χ0v) is 19.7. The molecule has 0 saturated carbocycles. The first kappa shape index (κ1) is 27.7. The van der Waals surface area contributed by atoms with Gasteiger partial charge in [-0.3, -0.25) is 9.69 Å². The van der Waals surface area contributed by atoms with Crippen molar-refractivity contribution in [3.05, 3.63) is 12.7 Å². The molecule has 1 unspecified atom stereocenters. The third-order valence-corrected chi connectivity index (χ3v) is 4.71. The van der Waals surface area contributed by atoms with Crippen molar-refractivity contribution in [1.29, 1.82) is 0 Å². The van der Waals surface area contributed by atoms with E-state index in [4.69, 9.17) is 25.8 Å². The number of fused-ring (bicyclic) bond motifs is 1. The van der Waals surface area contributed by atoms with Gasteiger partial charge in [0.2, 0.25) is 0 Å². The number of ether oxygens (including phenoxy) is 1. The third kappa shape index (κ3) is 10.8. The van der Waals surface area contributed by atoms with Gasteiger partial charge in [0.15, 0.2) is 17.3 Å². The van der Waals surface area contributed by atoms with E-state index >= 15 is 0 Å². The standard InChI is InChI=1S/C18H30N6O3.C3H8O2/c1-13(2)23(8-5-4-6-15(25)26)10-14(27-3)7-9-24-12-22-16-17(19)20-11-21-18(16)24;1-3(2,4)5/h11-14H,4-10H2,1-3H3,(H,25,26)(H2,19,20,21);4-5H,1-2H3. The van der Waals surface area contributed by atoms with Gasteiger partial charge in [0.1, 0.15) is 11.8 Å². The molecule has 0 radical (unpaired) electrons. The molecule has 2 rings (SSSR count). The summed E-state index contributed by atoms with van der Waals surface area (Å²) in [5, 5.41) is 24.9. The monoisotopic (exact) mass is 454 g/mol. The van der Waals surface area contributed by atoms with Crippen LogP contribution in [0.3, 0.4) is 0 Å². The van der Waals surface area contributed by atoms with Crippen LogP contribution in [0.5, 0.6) is 0 Å². The number of aryl methyl sites for hydroxylation is 1. The topological polar surface area (TPSA) is 160 Å². The smallest absolute Gasteiger partial charge is 0.303 e. The molecule has 32 heavy (non-hydrogen) atoms. The lowest BCUT2D eigenvalue weighted by Crippen LogP contribution is -2.39. The molecule has 182 valence electrons. The summed E-state index contributed by atoms with van der Waals surface area (Å²) in [5.74, 6) is -1.85. The summed E-state index contributed by atoms with van der Waals surface area (Å²) in [6.07, 6.45) is 5.82. The van der Waals surface area contributed by atoms with Crippen LogP contribution in [0.1, 0.15) is 53.4 Å². The fraction of sp³-hybridized carbons (Fsp3) is 0.714. The van der Waals surface area contributed by atoms with Crippen molar-refractivity contribution >= 4 is 23.0 Å². The molecule has 0 bridgehead atoms. The number of nitrogens with zero attached hydrogens (tertiary/aromatic N) is 5. The first-order valence-electron chi connectivity index (χ1n) is 10.8. The number of carboxylic acid groups (broad SMARTS) is 1. The van der Waals surface area contributed by atoms with E-state index in [-0.39, 0.29) is 12.5 Å². The minimum Gasteiger partial charge on any atom is -0.481 e. The van der Waals surface area contributed by atoms with Gasteiger partial charge in [0.25, 0.3) is 0 Å². The average Bonchev–Trinajstić information content (AvgIpc) is 3.09. The van der Waals surface area contributed by atoms with Gasteiger partial charge in [0.05, 0.1) is 12.4 Å². The number of carbonyl (C=O) groups is 1. The molecule has 0 aliphatic rings. The van der Waals surface area contributed by atoms with Crippen LogP contribution in [0.15, 0.2) is 12.7 Å². The molecule has 11 heteroatoms. The molecule has 0 saturated heterocycles. The second-order valence-electron chi connectivity index (χ2n) is 8.45. The van der Waals surface area contributed by atoms with Gasteiger partial charge in [-0.15, -0.1) is 0 Å². The molecule has 2 aromatic heterocycles. The zero-order chi connectivity index (χ0) is 24.3. The number of hydrogen-bond acceptors (Lipinski definition) is 9. The number of imidazole rings is 1. The fourth-order valence-electron chi connectivity index (χ4n) is 3.04. The number of carboxylic acids is 1. The summed E-state index contributed by atoms with van der Waals surface area (Å²) in [5.41, 5.74) is 7.18. The van der Waals surface area contributed by atoms with Crippen LogP contribution < -0.4 is 5.73 Å². The van der Waals surface area contributed by atoms with Gasteiger partial charge < -0.3 is 30.4 Å². The lowest BCUT2D eigenvalue weighted by Gasteiger charge is -2.30. The molecule has 1 atom stereocenters. The van der Waals surface area contributed by atoms with Gasteiger partial charge in [-0.2, -0.15) is 0 Å². The maximum Gasteiger partial charge on any atom is 0.303 e. The van der Waals surface area contributed by atoms with Gasteiger partial charge in [0, 0.05) is 32.7 Å². The number of anilines is 1. The Morgan fingerprint density at radius 3 is 2.47 bits per heavy atom. The van der Waals surface area contributed by atoms with Crippen molar-refractivity contribution in [3.8, 4) is 0 Å². The molecule has 2 heterocycles. The first-order valence-corrected chi connectivity index (χ1v) is 10.8. The Labute approximate surface area is 189 Å². The summed E-state index contributed by atoms with van der Waals surface area (Å²) >= 11 is 0. The fourth-order valence-corrected chi connectivity index (χ4v) is 3.04. The van der Waals surface area contributed by atoms with Crippen molar-refractivity contribution < 1.29 is 24.9 Å². The minimum atomic E-state index is -1.50. The average molecular weight is 455 g/mol. The van der Waals surface area contributed by atoms with E-state index in [0.29, 0.717) is 23.8 Å². The van der Waals surface area contributed by atoms with E-state index in [2.05, 4.69) is 33.7 Å². The number of aliphatic carboxylic acids is 1. The Bertz CT molecular complexity index is 815. The van der Waals surface area contributed by atoms with E-state index in [0.717, 1.165) is 38.1 Å². The summed E-state index contributed by atoms with van der Waals surface area (Å²) in [6.45, 7) is 9.27. The summed E-state index contributed by atoms with van der Waals surface area (Å²) in [4.78, 5) is 25.5. The van der Waals surface area contributed by atoms with Gasteiger partial charge >= 0.3 is 5.97 Å². The number of aliphatic hydroxyl groups is 2. The van der Waals surface area contributed by atoms with Gasteiger partial charge in [-0.1, -0.05) is 0 Å². The van der Waals surface area contributed by atoms with Gasteiger partial charge in [-0.05, 0) is 53.5 Å². The number of rotatable bonds is 12. The maximum absolute atomic E-state index is 10.7. The van der Waals surface area contributed by atoms with Crippen LogP contribution in [0.4, 0.5) is 5.82 Å². The number of hydrogen-bond donors (Lipinski definition) is 4. The molecule has 0 aliphatic heterocycles. The highest BCUT2D eigenvalue weighted by atomic mass is 16.5. The number of unbranched alkanes of at least 4 members (excludes halogenated alkanes) is 1. The number of aromatic nitrogens is 4. The second-order valence-corrected chi connectivity index (χ2v) is 8.45. The minimum absolute atomic E-state index is 0.0588. The van der Waals surface area contributed by atoms with Crippen molar-refractivity contribution in [1.82, 2.24) is 24.4 Å². The zero-order valence-electron chi connectivity index (χ0n) is 19.7. The highest BCUT2D eigenvalue weighted by molar-refractivity contribution is 5.81. The number of methoxy groups -OCH3 is 1. The van der Waals surface area contributed by atoms with Crippen LogP contribution in [-0.2, 0) is 16.1 Å². The quantitative estimate of drug-likeness (QED) is 0.273. The summed E-state index contributed by atoms with van der Waals surface area (Å²) in [7, 11) is 1.72. The summed E-state index contributed by atoms with van der Waals surface area (Å²) in [6, 6.07) is 0.370. The lowest BCUT2D eigenvalue weighted by atomic mass is 10.1.